The van der Waals surface area contributed by atoms with Crippen LogP contribution in [0, 0.1) is 23.7 Å². The fraction of sp³-hybridized carbons (Fsp3) is 0.743. The number of amides is 5. The molecule has 5 N–H and O–H groups in total. The number of rotatable bonds is 30. The van der Waals surface area contributed by atoms with Crippen LogP contribution in [0.15, 0.2) is 48.6 Å². The number of primary amides is 1. The summed E-state index contributed by atoms with van der Waals surface area (Å²) in [7, 11) is 1.60. The van der Waals surface area contributed by atoms with E-state index in [1.807, 2.05) is 0 Å². The van der Waals surface area contributed by atoms with Crippen LogP contribution in [0.5, 0.6) is 0 Å². The number of ketones is 3. The van der Waals surface area contributed by atoms with E-state index in [0.717, 1.165) is 43.3 Å². The summed E-state index contributed by atoms with van der Waals surface area (Å²) in [6.45, 7) is 15.1. The Balaban J connectivity index is 0.647. The first-order valence-corrected chi connectivity index (χ1v) is 36.7. The van der Waals surface area contributed by atoms with Gasteiger partial charge in [0.05, 0.1) is 106 Å². The van der Waals surface area contributed by atoms with Gasteiger partial charge < -0.3 is 83.2 Å². The van der Waals surface area contributed by atoms with E-state index < -0.39 is 96.0 Å². The van der Waals surface area contributed by atoms with Crippen LogP contribution >= 0.6 is 0 Å². The summed E-state index contributed by atoms with van der Waals surface area (Å²) < 4.78 is 77.5. The van der Waals surface area contributed by atoms with Gasteiger partial charge in [0.1, 0.15) is 48.7 Å². The number of methoxy groups -OCH3 is 1. The molecule has 11 aliphatic heterocycles. The predicted molar refractivity (Wildman–Crippen MR) is 356 cm³/mol. The molecule has 1 aromatic rings. The van der Waals surface area contributed by atoms with E-state index in [1.165, 1.54) is 0 Å². The third kappa shape index (κ3) is 19.5. The van der Waals surface area contributed by atoms with Crippen molar-refractivity contribution in [3.8, 4) is 0 Å². The topological polar surface area (TPSA) is 347 Å². The molecule has 6 unspecified atom stereocenters. The number of nitrogens with two attached hydrogens (primary N) is 1. The Labute approximate surface area is 590 Å². The first-order chi connectivity index (χ1) is 48.5. The van der Waals surface area contributed by atoms with Crippen molar-refractivity contribution in [2.45, 2.75) is 285 Å². The predicted octanol–water partition coefficient (Wildman–Crippen LogP) is 5.70. The minimum Gasteiger partial charge on any atom is -0.461 e. The Kier molecular flexibility index (Phi) is 26.2. The smallest absolute Gasteiger partial charge is 0.335 e. The number of imide groups is 1. The van der Waals surface area contributed by atoms with Crippen molar-refractivity contribution in [2.75, 3.05) is 40.1 Å². The molecule has 1 aromatic carbocycles. The summed E-state index contributed by atoms with van der Waals surface area (Å²) in [5.41, 5.74) is 8.60. The van der Waals surface area contributed by atoms with Crippen LogP contribution in [0.2, 0.25) is 0 Å². The molecule has 27 nitrogen and oxygen atoms in total. The van der Waals surface area contributed by atoms with E-state index in [1.54, 1.807) is 45.2 Å². The van der Waals surface area contributed by atoms with Crippen LogP contribution < -0.4 is 16.4 Å². The van der Waals surface area contributed by atoms with E-state index in [4.69, 9.17) is 67.4 Å². The fourth-order valence-electron chi connectivity index (χ4n) is 16.5. The van der Waals surface area contributed by atoms with Crippen LogP contribution in [-0.2, 0) is 113 Å². The van der Waals surface area contributed by atoms with Gasteiger partial charge >= 0.3 is 18.0 Å². The minimum absolute atomic E-state index is 0.00590. The zero-order chi connectivity index (χ0) is 71.6. The molecule has 11 aliphatic rings. The Hall–Kier alpha value is -5.95. The van der Waals surface area contributed by atoms with E-state index in [-0.39, 0.29) is 207 Å². The number of urea groups is 1. The molecule has 11 fully saturated rings. The van der Waals surface area contributed by atoms with Gasteiger partial charge in [-0.25, -0.2) is 9.59 Å². The third-order valence-corrected chi connectivity index (χ3v) is 22.0. The van der Waals surface area contributed by atoms with Crippen molar-refractivity contribution in [2.24, 2.45) is 29.4 Å². The van der Waals surface area contributed by atoms with Gasteiger partial charge in [0.25, 0.3) is 11.8 Å². The largest absolute Gasteiger partial charge is 0.461 e. The molecule has 1 spiro atoms. The second kappa shape index (κ2) is 34.8. The highest BCUT2D eigenvalue weighted by atomic mass is 16.8. The number of aliphatic hydroxyl groups is 1. The maximum atomic E-state index is 14.6. The number of benzene rings is 1. The number of carbonyl (C=O) groups is 9. The lowest BCUT2D eigenvalue weighted by atomic mass is 9.81. The molecule has 12 bridgehead atoms. The highest BCUT2D eigenvalue weighted by Gasteiger charge is 2.69. The van der Waals surface area contributed by atoms with Gasteiger partial charge in [-0.05, 0) is 98.3 Å². The molecule has 12 rings (SSSR count). The Morgan fingerprint density at radius 1 is 0.723 bits per heavy atom. The quantitative estimate of drug-likeness (QED) is 0.0310. The maximum Gasteiger partial charge on any atom is 0.335 e. The van der Waals surface area contributed by atoms with Crippen LogP contribution in [-0.4, -0.2) is 213 Å². The molecule has 5 amide bonds. The number of hydroxylamine groups is 2. The van der Waals surface area contributed by atoms with Crippen molar-refractivity contribution in [3.63, 3.8) is 0 Å². The Morgan fingerprint density at radius 3 is 2.16 bits per heavy atom. The van der Waals surface area contributed by atoms with Crippen LogP contribution in [0.4, 0.5) is 4.79 Å². The summed E-state index contributed by atoms with van der Waals surface area (Å²) in [5, 5.41) is 17.5. The summed E-state index contributed by atoms with van der Waals surface area (Å²) in [6.07, 6.45) is 1.72. The second-order valence-corrected chi connectivity index (χ2v) is 29.7. The Bertz CT molecular complexity index is 3130. The van der Waals surface area contributed by atoms with Gasteiger partial charge in [0.2, 0.25) is 5.91 Å². The number of esters is 1. The summed E-state index contributed by atoms with van der Waals surface area (Å²) in [4.78, 5) is 120. The molecule has 101 heavy (non-hydrogen) atoms. The molecule has 27 heteroatoms. The number of nitrogens with zero attached hydrogens (tertiary/aromatic N) is 1. The number of hydrogen-bond donors (Lipinski definition) is 4. The lowest BCUT2D eigenvalue weighted by molar-refractivity contribution is -0.292. The summed E-state index contributed by atoms with van der Waals surface area (Å²) in [6, 6.07) is 5.23. The summed E-state index contributed by atoms with van der Waals surface area (Å²) in [5.74, 6) is -5.62. The minimum atomic E-state index is -0.991. The van der Waals surface area contributed by atoms with Crippen molar-refractivity contribution in [3.05, 3.63) is 59.7 Å². The molecular formula is C74H104N4O23. The van der Waals surface area contributed by atoms with E-state index >= 15 is 0 Å². The first kappa shape index (κ1) is 76.2. The number of hydrogen-bond acceptors (Lipinski definition) is 23. The molecule has 11 heterocycles. The van der Waals surface area contributed by atoms with Gasteiger partial charge in [-0.3, -0.25) is 33.6 Å². The molecule has 0 radical (unpaired) electrons. The fourth-order valence-corrected chi connectivity index (χ4v) is 16.5. The lowest BCUT2D eigenvalue weighted by Crippen LogP contribution is -2.61. The third-order valence-electron chi connectivity index (χ3n) is 22.0. The monoisotopic (exact) mass is 1420 g/mol. The lowest BCUT2D eigenvalue weighted by Gasteiger charge is -2.47. The zero-order valence-electron chi connectivity index (χ0n) is 58.8. The SMILES string of the molecule is C=C1C[C@@H]2CC[C@@]34CC5O[C@H]6[C@@H](O3)[C@H]3OC(CC[C@@H]3O[C@H]6C5O4)CC(=O)C[C@@H]3[C@@H](OC)[C@@H](C[C@H](O)CCC(=O)OCc4ccc(CC(=O)[C@H](CCCNC(N)=O)NC(=O)[C@@H](CC(=O)CCOCCOCCC(=O)ON5C(=O)CCC5=O)C(C)C)cc4)O[C@H]3CC3O[C@@H](CCC1O2)CC(C)C3=C. The van der Waals surface area contributed by atoms with Crippen LogP contribution in [0.3, 0.4) is 0 Å². The highest BCUT2D eigenvalue weighted by molar-refractivity contribution is 6.01. The molecule has 0 saturated carbocycles. The van der Waals surface area contributed by atoms with Crippen LogP contribution in [0.25, 0.3) is 0 Å². The number of Topliss-reactive ketones (excluding diaryl/α,β-unsaturated/α-hetero) is 3. The highest BCUT2D eigenvalue weighted by Crippen LogP contribution is 2.55. The van der Waals surface area contributed by atoms with Crippen LogP contribution in [0.1, 0.15) is 173 Å². The molecule has 0 aliphatic carbocycles. The van der Waals surface area contributed by atoms with Gasteiger partial charge in [0, 0.05) is 103 Å². The van der Waals surface area contributed by atoms with E-state index in [2.05, 4.69) is 30.7 Å². The van der Waals surface area contributed by atoms with E-state index in [9.17, 15) is 48.3 Å². The number of ether oxygens (including phenoxy) is 12. The van der Waals surface area contributed by atoms with Crippen molar-refractivity contribution in [1.82, 2.24) is 15.7 Å². The molecule has 558 valence electrons. The number of fused-ring (bicyclic) bond motifs is 6. The number of nitrogens with one attached hydrogen (secondary N) is 2. The van der Waals surface area contributed by atoms with Crippen molar-refractivity contribution in [1.29, 1.82) is 0 Å². The average molecular weight is 1420 g/mol. The standard InChI is InChI=1S/C74H104N4O23/c1-40(2)52(34-47(80)22-26-90-28-29-91-27-23-65(86)101-78-62(83)18-19-63(78)84)72(87)77-54(8-7-25-76-73(75)88)55(82)32-44-9-11-45(12-10-44)39-92-64(85)20-13-46(79)36-60-66(89-6)53-35-48(81)33-50-15-17-57-67(95-50)71-70-69(97-57)68-61(98-70)38-74(99-68,100-71)24-21-51-31-42(4)56(93-51)16-14-49-30-41(3)43(5)58(94-49)37-59(53)96-60/h9-12,40-41,46,49-54,56-61,66-71,79H,4-5,7-8,13-39H2,1-3,6H3,(H,77,87)(H3,75,76,88)/t41?,46-,49+,50?,51+,52+,53+,54+,56?,57+,58?,59+,60-,61?,66-,67+,68?,69+,70-,71+,74+/m1/s1. The van der Waals surface area contributed by atoms with Crippen molar-refractivity contribution < 1.29 is 110 Å². The Morgan fingerprint density at radius 2 is 1.42 bits per heavy atom. The number of aliphatic hydroxyl groups excluding tert-OH is 1. The van der Waals surface area contributed by atoms with Gasteiger partial charge in [-0.1, -0.05) is 58.2 Å². The average Bonchev–Trinajstić information content (AvgIpc) is 1.55. The van der Waals surface area contributed by atoms with Gasteiger partial charge in [-0.2, -0.15) is 0 Å². The maximum absolute atomic E-state index is 14.6. The van der Waals surface area contributed by atoms with Gasteiger partial charge in [-0.15, -0.1) is 5.06 Å². The van der Waals surface area contributed by atoms with Crippen molar-refractivity contribution >= 4 is 53.0 Å². The molecule has 0 aromatic heterocycles. The number of carbonyl (C=O) groups excluding carboxylic acids is 9. The molecular weight excluding hydrogens is 1310 g/mol. The normalized spacial score (nSPS) is 33.9. The second-order valence-electron chi connectivity index (χ2n) is 29.7. The first-order valence-electron chi connectivity index (χ1n) is 36.7. The summed E-state index contributed by atoms with van der Waals surface area (Å²) >= 11 is 0. The zero-order valence-corrected chi connectivity index (χ0v) is 58.8. The van der Waals surface area contributed by atoms with Gasteiger partial charge in [0.15, 0.2) is 11.6 Å². The molecule has 11 saturated heterocycles. The van der Waals surface area contributed by atoms with E-state index in [0.29, 0.717) is 54.7 Å². The molecule has 21 atom stereocenters.